The third kappa shape index (κ3) is 2.67. The van der Waals surface area contributed by atoms with Crippen LogP contribution in [0.3, 0.4) is 0 Å². The van der Waals surface area contributed by atoms with E-state index in [4.69, 9.17) is 4.74 Å². The Labute approximate surface area is 136 Å². The van der Waals surface area contributed by atoms with E-state index in [1.165, 1.54) is 17.2 Å². The van der Waals surface area contributed by atoms with Gasteiger partial charge in [-0.1, -0.05) is 0 Å². The number of hydrogen-bond donors (Lipinski definition) is 5. The van der Waals surface area contributed by atoms with Crippen LogP contribution in [0.15, 0.2) is 12.7 Å². The number of aliphatic hydroxyl groups is 3. The molecule has 5 N–H and O–H groups in total. The lowest BCUT2D eigenvalue weighted by molar-refractivity contribution is -0.122. The van der Waals surface area contributed by atoms with E-state index in [2.05, 4.69) is 25.6 Å². The number of nitrogens with one attached hydrogen (secondary N) is 2. The third-order valence-corrected chi connectivity index (χ3v) is 3.80. The molecule has 1 fully saturated rings. The zero-order chi connectivity index (χ0) is 17.3. The molecule has 3 heterocycles. The first-order chi connectivity index (χ1) is 11.6. The number of nitrogens with zero attached hydrogens (tertiary/aromatic N) is 4. The molecule has 0 radical (unpaired) electrons. The van der Waals surface area contributed by atoms with Gasteiger partial charge >= 0.3 is 0 Å². The topological polar surface area (TPSA) is 155 Å². The van der Waals surface area contributed by atoms with E-state index in [-0.39, 0.29) is 6.41 Å². The van der Waals surface area contributed by atoms with Crippen molar-refractivity contribution in [1.29, 1.82) is 0 Å². The van der Waals surface area contributed by atoms with Gasteiger partial charge in [0, 0.05) is 6.54 Å². The van der Waals surface area contributed by atoms with Gasteiger partial charge < -0.3 is 30.7 Å². The Morgan fingerprint density at radius 3 is 2.88 bits per heavy atom. The minimum absolute atomic E-state index is 0.281. The van der Waals surface area contributed by atoms with E-state index in [1.807, 2.05) is 6.92 Å². The van der Waals surface area contributed by atoms with Crippen LogP contribution in [0.2, 0.25) is 0 Å². The number of carbonyl (C=O) groups is 1. The summed E-state index contributed by atoms with van der Waals surface area (Å²) in [7, 11) is 0. The Kier molecular flexibility index (Phi) is 4.57. The molecule has 0 spiro atoms. The predicted octanol–water partition coefficient (Wildman–Crippen LogP) is -2.06. The summed E-state index contributed by atoms with van der Waals surface area (Å²) < 4.78 is 6.97. The number of ether oxygens (including phenoxy) is 1. The van der Waals surface area contributed by atoms with E-state index in [1.54, 1.807) is 0 Å². The second kappa shape index (κ2) is 6.65. The molecule has 24 heavy (non-hydrogen) atoms. The molecule has 0 aromatic carbocycles. The number of hydrogen-bond acceptors (Lipinski definition) is 9. The minimum Gasteiger partial charge on any atom is -0.387 e. The lowest BCUT2D eigenvalue weighted by Crippen LogP contribution is -2.46. The van der Waals surface area contributed by atoms with Crippen LogP contribution in [0.25, 0.3) is 11.2 Å². The summed E-state index contributed by atoms with van der Waals surface area (Å²) in [5.41, 5.74) is 0.885. The monoisotopic (exact) mass is 338 g/mol. The second-order valence-electron chi connectivity index (χ2n) is 5.28. The highest BCUT2D eigenvalue weighted by molar-refractivity contribution is 5.82. The third-order valence-electron chi connectivity index (χ3n) is 3.80. The zero-order valence-corrected chi connectivity index (χ0v) is 12.8. The van der Waals surface area contributed by atoms with Gasteiger partial charge in [-0.15, -0.1) is 0 Å². The fourth-order valence-corrected chi connectivity index (χ4v) is 2.68. The molecule has 0 aliphatic carbocycles. The lowest BCUT2D eigenvalue weighted by Gasteiger charge is -2.19. The van der Waals surface area contributed by atoms with E-state index < -0.39 is 30.8 Å². The summed E-state index contributed by atoms with van der Waals surface area (Å²) in [6.07, 6.45) is -3.38. The largest absolute Gasteiger partial charge is 0.387 e. The smallest absolute Gasteiger partial charge is 0.209 e. The molecule has 1 unspecified atom stereocenters. The fraction of sp³-hybridized carbons (Fsp3) is 0.538. The first kappa shape index (κ1) is 16.5. The van der Waals surface area contributed by atoms with Crippen LogP contribution in [0, 0.1) is 0 Å². The van der Waals surface area contributed by atoms with E-state index in [0.717, 1.165) is 0 Å². The Hall–Kier alpha value is -2.34. The molecule has 1 aliphatic rings. The Morgan fingerprint density at radius 2 is 2.17 bits per heavy atom. The minimum atomic E-state index is -1.46. The van der Waals surface area contributed by atoms with Crippen molar-refractivity contribution in [3.63, 3.8) is 0 Å². The first-order valence-corrected chi connectivity index (χ1v) is 7.39. The van der Waals surface area contributed by atoms with Crippen molar-refractivity contribution in [2.24, 2.45) is 0 Å². The van der Waals surface area contributed by atoms with Crippen molar-refractivity contribution in [1.82, 2.24) is 24.8 Å². The summed E-state index contributed by atoms with van der Waals surface area (Å²) in [6.45, 7) is 2.56. The van der Waals surface area contributed by atoms with Crippen molar-refractivity contribution in [3.8, 4) is 0 Å². The van der Waals surface area contributed by atoms with Crippen LogP contribution >= 0.6 is 0 Å². The average molecular weight is 338 g/mol. The number of carbonyl (C=O) groups excluding carboxylic acids is 1. The number of rotatable bonds is 6. The Morgan fingerprint density at radius 1 is 1.38 bits per heavy atom. The highest BCUT2D eigenvalue weighted by Gasteiger charge is 2.47. The van der Waals surface area contributed by atoms with Crippen LogP contribution in [0.4, 0.5) is 5.82 Å². The normalized spacial score (nSPS) is 28.0. The van der Waals surface area contributed by atoms with E-state index in [9.17, 15) is 20.1 Å². The number of anilines is 1. The summed E-state index contributed by atoms with van der Waals surface area (Å²) in [5, 5.41) is 35.2. The number of amides is 1. The molecule has 2 aromatic rings. The van der Waals surface area contributed by atoms with Gasteiger partial charge in [-0.05, 0) is 6.92 Å². The van der Waals surface area contributed by atoms with Gasteiger partial charge in [-0.25, -0.2) is 15.0 Å². The molecule has 3 rings (SSSR count). The molecule has 0 saturated carbocycles. The molecule has 5 atom stereocenters. The molecule has 2 aromatic heterocycles. The SMILES string of the molecule is CCNc1ncnc2c1ncn2[C@@H]1O[C@H](C(O)NC=O)[C@@H](O)[C@H]1O. The number of aliphatic hydroxyl groups excluding tert-OH is 3. The number of imidazole rings is 1. The maximum absolute atomic E-state index is 10.4. The molecule has 1 amide bonds. The zero-order valence-electron chi connectivity index (χ0n) is 12.8. The van der Waals surface area contributed by atoms with Crippen molar-refractivity contribution < 1.29 is 24.9 Å². The maximum Gasteiger partial charge on any atom is 0.209 e. The predicted molar refractivity (Wildman–Crippen MR) is 80.6 cm³/mol. The van der Waals surface area contributed by atoms with Gasteiger partial charge in [0.25, 0.3) is 0 Å². The molecule has 11 nitrogen and oxygen atoms in total. The molecule has 1 saturated heterocycles. The molecule has 1 aliphatic heterocycles. The summed E-state index contributed by atoms with van der Waals surface area (Å²) in [6, 6.07) is 0. The Bertz CT molecular complexity index is 724. The number of aromatic nitrogens is 4. The van der Waals surface area contributed by atoms with Crippen LogP contribution in [0.1, 0.15) is 13.2 Å². The molecule has 130 valence electrons. The van der Waals surface area contributed by atoms with Crippen molar-refractivity contribution in [2.45, 2.75) is 37.7 Å². The van der Waals surface area contributed by atoms with Crippen LogP contribution < -0.4 is 10.6 Å². The van der Waals surface area contributed by atoms with E-state index >= 15 is 0 Å². The van der Waals surface area contributed by atoms with Gasteiger partial charge in [0.1, 0.15) is 24.6 Å². The highest BCUT2D eigenvalue weighted by atomic mass is 16.6. The molecular formula is C13H18N6O5. The quantitative estimate of drug-likeness (QED) is 0.295. The molecular weight excluding hydrogens is 320 g/mol. The first-order valence-electron chi connectivity index (χ1n) is 7.39. The Balaban J connectivity index is 1.93. The van der Waals surface area contributed by atoms with Gasteiger partial charge in [0.2, 0.25) is 6.41 Å². The van der Waals surface area contributed by atoms with Crippen molar-refractivity contribution >= 4 is 23.4 Å². The van der Waals surface area contributed by atoms with E-state index in [0.29, 0.717) is 23.5 Å². The van der Waals surface area contributed by atoms with Crippen molar-refractivity contribution in [2.75, 3.05) is 11.9 Å². The van der Waals surface area contributed by atoms with Gasteiger partial charge in [-0.3, -0.25) is 9.36 Å². The van der Waals surface area contributed by atoms with Crippen LogP contribution in [0.5, 0.6) is 0 Å². The maximum atomic E-state index is 10.4. The summed E-state index contributed by atoms with van der Waals surface area (Å²) in [5.74, 6) is 0.536. The van der Waals surface area contributed by atoms with Gasteiger partial charge in [0.05, 0.1) is 6.33 Å². The molecule has 11 heteroatoms. The van der Waals surface area contributed by atoms with Gasteiger partial charge in [-0.2, -0.15) is 0 Å². The molecule has 0 bridgehead atoms. The average Bonchev–Trinajstić information content (AvgIpc) is 3.11. The fourth-order valence-electron chi connectivity index (χ4n) is 2.68. The van der Waals surface area contributed by atoms with Crippen LogP contribution in [-0.4, -0.2) is 72.3 Å². The standard InChI is InChI=1S/C13H18N6O5/c1-2-14-10-6-11(16-3-15-10)19(4-17-6)13-8(22)7(21)9(24-13)12(23)18-5-20/h3-5,7-9,12-13,21-23H,2H2,1H3,(H,18,20)(H,14,15,16)/t7-,8+,9-,12?,13+/m0/s1. The summed E-state index contributed by atoms with van der Waals surface area (Å²) >= 11 is 0. The van der Waals surface area contributed by atoms with Crippen LogP contribution in [-0.2, 0) is 9.53 Å². The van der Waals surface area contributed by atoms with Gasteiger partial charge in [0.15, 0.2) is 29.4 Å². The summed E-state index contributed by atoms with van der Waals surface area (Å²) in [4.78, 5) is 22.9. The second-order valence-corrected chi connectivity index (χ2v) is 5.28. The number of fused-ring (bicyclic) bond motifs is 1. The highest BCUT2D eigenvalue weighted by Crippen LogP contribution is 2.33. The lowest BCUT2D eigenvalue weighted by atomic mass is 10.1. The van der Waals surface area contributed by atoms with Crippen molar-refractivity contribution in [3.05, 3.63) is 12.7 Å².